The maximum atomic E-state index is 12.2. The molecule has 11 heteroatoms. The second-order valence-electron chi connectivity index (χ2n) is 6.03. The van der Waals surface area contributed by atoms with Crippen LogP contribution in [0, 0.1) is 0 Å². The number of nitrogen functional groups attached to an aromatic ring is 1. The number of anilines is 4. The Balaban J connectivity index is 1.64. The molecule has 1 aromatic carbocycles. The van der Waals surface area contributed by atoms with Crippen LogP contribution in [0.5, 0.6) is 0 Å². The van der Waals surface area contributed by atoms with Crippen molar-refractivity contribution in [3.8, 4) is 11.4 Å². The summed E-state index contributed by atoms with van der Waals surface area (Å²) in [5.41, 5.74) is 7.68. The lowest BCUT2D eigenvalue weighted by Gasteiger charge is -2.10. The number of thioether (sulfide) groups is 1. The highest BCUT2D eigenvalue weighted by Gasteiger charge is 2.12. The van der Waals surface area contributed by atoms with E-state index in [1.165, 1.54) is 24.9 Å². The van der Waals surface area contributed by atoms with Crippen molar-refractivity contribution in [3.05, 3.63) is 47.7 Å². The molecule has 0 bridgehead atoms. The summed E-state index contributed by atoms with van der Waals surface area (Å²) in [6, 6.07) is 9.71. The maximum Gasteiger partial charge on any atom is 0.323 e. The lowest BCUT2D eigenvalue weighted by molar-refractivity contribution is -0.114. The lowest BCUT2D eigenvalue weighted by atomic mass is 10.2. The van der Waals surface area contributed by atoms with Gasteiger partial charge in [0.05, 0.1) is 16.8 Å². The monoisotopic (exact) mass is 443 g/mol. The molecule has 0 aliphatic heterocycles. The molecule has 5 N–H and O–H groups in total. The molecule has 0 fully saturated rings. The van der Waals surface area contributed by atoms with Gasteiger partial charge in [-0.15, -0.1) is 11.8 Å². The highest BCUT2D eigenvalue weighted by atomic mass is 35.5. The molecule has 0 atom stereocenters. The van der Waals surface area contributed by atoms with E-state index in [0.29, 0.717) is 44.4 Å². The van der Waals surface area contributed by atoms with Gasteiger partial charge in [0.1, 0.15) is 16.8 Å². The Morgan fingerprint density at radius 1 is 1.00 bits per heavy atom. The summed E-state index contributed by atoms with van der Waals surface area (Å²) >= 11 is 7.53. The summed E-state index contributed by atoms with van der Waals surface area (Å²) < 4.78 is 0. The molecule has 3 rings (SSSR count). The Morgan fingerprint density at radius 3 is 2.23 bits per heavy atom. The summed E-state index contributed by atoms with van der Waals surface area (Å²) in [6.45, 7) is 1.39. The van der Waals surface area contributed by atoms with E-state index in [2.05, 4.69) is 30.9 Å². The number of hydrogen-bond acceptors (Lipinski definition) is 7. The van der Waals surface area contributed by atoms with Crippen molar-refractivity contribution in [1.82, 2.24) is 15.0 Å². The Hall–Kier alpha value is -3.37. The second-order valence-corrected chi connectivity index (χ2v) is 7.20. The van der Waals surface area contributed by atoms with Crippen LogP contribution in [0.1, 0.15) is 6.92 Å². The standard InChI is InChI=1S/C19H18ClN7O2S/c1-10(28)23-14-8-7-13(9-22-14)25-19(29)24-12-5-3-11(4-6-12)18-26-16(20)15(30-2)17(21)27-18/h3-9H,1-2H3,(H2,21,26,27)(H,22,23,28)(H2,24,25,29). The van der Waals surface area contributed by atoms with Crippen molar-refractivity contribution in [2.45, 2.75) is 11.8 Å². The number of carbonyl (C=O) groups is 2. The van der Waals surface area contributed by atoms with Crippen LogP contribution in [-0.4, -0.2) is 33.1 Å². The molecule has 0 radical (unpaired) electrons. The van der Waals surface area contributed by atoms with Crippen LogP contribution < -0.4 is 21.7 Å². The summed E-state index contributed by atoms with van der Waals surface area (Å²) in [6.07, 6.45) is 3.29. The van der Waals surface area contributed by atoms with Crippen molar-refractivity contribution in [3.63, 3.8) is 0 Å². The minimum absolute atomic E-state index is 0.222. The number of carbonyl (C=O) groups excluding carboxylic acids is 2. The smallest absolute Gasteiger partial charge is 0.323 e. The number of benzene rings is 1. The van der Waals surface area contributed by atoms with Crippen molar-refractivity contribution >= 4 is 58.3 Å². The predicted molar refractivity (Wildman–Crippen MR) is 120 cm³/mol. The fraction of sp³-hybridized carbons (Fsp3) is 0.105. The topological polar surface area (TPSA) is 135 Å². The van der Waals surface area contributed by atoms with Crippen molar-refractivity contribution in [2.75, 3.05) is 27.9 Å². The zero-order valence-electron chi connectivity index (χ0n) is 16.1. The third-order valence-corrected chi connectivity index (χ3v) is 4.98. The van der Waals surface area contributed by atoms with Gasteiger partial charge in [0, 0.05) is 18.2 Å². The van der Waals surface area contributed by atoms with E-state index in [-0.39, 0.29) is 5.91 Å². The largest absolute Gasteiger partial charge is 0.383 e. The molecule has 0 aliphatic carbocycles. The van der Waals surface area contributed by atoms with E-state index in [0.717, 1.165) is 0 Å². The third-order valence-electron chi connectivity index (χ3n) is 3.78. The van der Waals surface area contributed by atoms with Crippen LogP contribution in [-0.2, 0) is 4.79 Å². The first kappa shape index (κ1) is 21.3. The van der Waals surface area contributed by atoms with Crippen molar-refractivity contribution < 1.29 is 9.59 Å². The van der Waals surface area contributed by atoms with Crippen molar-refractivity contribution in [2.24, 2.45) is 0 Å². The molecule has 0 aliphatic rings. The van der Waals surface area contributed by atoms with Crippen LogP contribution in [0.4, 0.5) is 27.8 Å². The van der Waals surface area contributed by atoms with Gasteiger partial charge in [0.15, 0.2) is 5.82 Å². The number of amides is 3. The quantitative estimate of drug-likeness (QED) is 0.344. The third kappa shape index (κ3) is 5.37. The van der Waals surface area contributed by atoms with Gasteiger partial charge in [0.25, 0.3) is 0 Å². The molecule has 0 spiro atoms. The van der Waals surface area contributed by atoms with Crippen LogP contribution in [0.3, 0.4) is 0 Å². The Kier molecular flexibility index (Phi) is 6.70. The number of hydrogen-bond donors (Lipinski definition) is 4. The number of aromatic nitrogens is 3. The summed E-state index contributed by atoms with van der Waals surface area (Å²) in [5.74, 6) is 0.895. The summed E-state index contributed by atoms with van der Waals surface area (Å²) in [5, 5.41) is 8.22. The average Bonchev–Trinajstić information content (AvgIpc) is 2.69. The van der Waals surface area contributed by atoms with Gasteiger partial charge >= 0.3 is 6.03 Å². The molecule has 2 aromatic heterocycles. The normalized spacial score (nSPS) is 10.4. The molecule has 3 amide bonds. The molecule has 2 heterocycles. The summed E-state index contributed by atoms with van der Waals surface area (Å²) in [7, 11) is 0. The highest BCUT2D eigenvalue weighted by Crippen LogP contribution is 2.30. The number of urea groups is 1. The lowest BCUT2D eigenvalue weighted by Crippen LogP contribution is -2.19. The number of nitrogens with two attached hydrogens (primary N) is 1. The molecular formula is C19H18ClN7O2S. The van der Waals surface area contributed by atoms with Gasteiger partial charge < -0.3 is 21.7 Å². The van der Waals surface area contributed by atoms with Crippen molar-refractivity contribution in [1.29, 1.82) is 0 Å². The molecule has 30 heavy (non-hydrogen) atoms. The van der Waals surface area contributed by atoms with Gasteiger partial charge in [-0.05, 0) is 42.7 Å². The van der Waals surface area contributed by atoms with Gasteiger partial charge in [-0.1, -0.05) is 11.6 Å². The molecule has 154 valence electrons. The average molecular weight is 444 g/mol. The predicted octanol–water partition coefficient (Wildman–Crippen LogP) is 4.10. The minimum Gasteiger partial charge on any atom is -0.383 e. The van der Waals surface area contributed by atoms with Gasteiger partial charge in [0.2, 0.25) is 5.91 Å². The molecule has 3 aromatic rings. The Bertz CT molecular complexity index is 1050. The van der Waals surface area contributed by atoms with Crippen LogP contribution in [0.2, 0.25) is 5.15 Å². The maximum absolute atomic E-state index is 12.2. The number of nitrogens with zero attached hydrogens (tertiary/aromatic N) is 3. The molecule has 0 unspecified atom stereocenters. The molecule has 9 nitrogen and oxygen atoms in total. The van der Waals surface area contributed by atoms with E-state index in [1.54, 1.807) is 36.4 Å². The fourth-order valence-corrected chi connectivity index (χ4v) is 3.35. The number of rotatable bonds is 5. The van der Waals surface area contributed by atoms with Gasteiger partial charge in [-0.25, -0.2) is 19.7 Å². The molecule has 0 saturated carbocycles. The molecule has 0 saturated heterocycles. The number of halogens is 1. The Morgan fingerprint density at radius 2 is 1.67 bits per heavy atom. The first-order valence-corrected chi connectivity index (χ1v) is 10.2. The number of nitrogens with one attached hydrogen (secondary N) is 3. The van der Waals surface area contributed by atoms with Crippen LogP contribution >= 0.6 is 23.4 Å². The fourth-order valence-electron chi connectivity index (χ4n) is 2.48. The first-order valence-electron chi connectivity index (χ1n) is 8.65. The second kappa shape index (κ2) is 9.42. The van der Waals surface area contributed by atoms with E-state index >= 15 is 0 Å². The van der Waals surface area contributed by atoms with Gasteiger partial charge in [-0.2, -0.15) is 0 Å². The van der Waals surface area contributed by atoms with E-state index in [9.17, 15) is 9.59 Å². The zero-order valence-corrected chi connectivity index (χ0v) is 17.6. The van der Waals surface area contributed by atoms with Crippen LogP contribution in [0.25, 0.3) is 11.4 Å². The minimum atomic E-state index is -0.440. The zero-order chi connectivity index (χ0) is 21.7. The molecular weight excluding hydrogens is 426 g/mol. The highest BCUT2D eigenvalue weighted by molar-refractivity contribution is 7.98. The first-order chi connectivity index (χ1) is 14.4. The Labute approximate surface area is 181 Å². The SMILES string of the molecule is CSc1c(N)nc(-c2ccc(NC(=O)Nc3ccc(NC(C)=O)nc3)cc2)nc1Cl. The summed E-state index contributed by atoms with van der Waals surface area (Å²) in [4.78, 5) is 36.4. The van der Waals surface area contributed by atoms with E-state index < -0.39 is 6.03 Å². The van der Waals surface area contributed by atoms with E-state index in [4.69, 9.17) is 17.3 Å². The van der Waals surface area contributed by atoms with E-state index in [1.807, 2.05) is 6.26 Å². The van der Waals surface area contributed by atoms with Crippen LogP contribution in [0.15, 0.2) is 47.5 Å². The number of pyridine rings is 1. The van der Waals surface area contributed by atoms with Gasteiger partial charge in [-0.3, -0.25) is 4.79 Å².